The molecular weight excluding hydrogens is 528 g/mol. The SMILES string of the molecule is CC1(C)c2cccc3c2-c2c1cc(C1=c4cccc5c4=C4c6c(cccc6C(C)(C)C4C1)C5(C)C)c1cccc(c21)C3(C)C. The van der Waals surface area contributed by atoms with Gasteiger partial charge in [-0.25, -0.2) is 0 Å². The lowest BCUT2D eigenvalue weighted by molar-refractivity contribution is 0.416. The molecule has 5 aliphatic rings. The fourth-order valence-corrected chi connectivity index (χ4v) is 10.8. The molecule has 0 heteroatoms. The third-order valence-electron chi connectivity index (χ3n) is 13.2. The van der Waals surface area contributed by atoms with Crippen molar-refractivity contribution in [2.45, 2.75) is 83.5 Å². The molecule has 0 N–H and O–H groups in total. The Labute approximate surface area is 261 Å². The van der Waals surface area contributed by atoms with Gasteiger partial charge in [-0.05, 0) is 117 Å². The maximum Gasteiger partial charge on any atom is 0.0159 e. The zero-order chi connectivity index (χ0) is 30.3. The van der Waals surface area contributed by atoms with Gasteiger partial charge in [0.25, 0.3) is 0 Å². The average molecular weight is 569 g/mol. The highest BCUT2D eigenvalue weighted by Gasteiger charge is 2.51. The summed E-state index contributed by atoms with van der Waals surface area (Å²) in [4.78, 5) is 0. The number of rotatable bonds is 1. The lowest BCUT2D eigenvalue weighted by Gasteiger charge is -2.38. The van der Waals surface area contributed by atoms with E-state index in [2.05, 4.69) is 134 Å². The van der Waals surface area contributed by atoms with Gasteiger partial charge in [-0.15, -0.1) is 0 Å². The van der Waals surface area contributed by atoms with Crippen LogP contribution < -0.4 is 10.4 Å². The molecule has 0 saturated heterocycles. The van der Waals surface area contributed by atoms with E-state index in [1.165, 1.54) is 71.3 Å². The van der Waals surface area contributed by atoms with E-state index in [4.69, 9.17) is 0 Å². The molecule has 1 unspecified atom stereocenters. The fourth-order valence-electron chi connectivity index (χ4n) is 10.8. The van der Waals surface area contributed by atoms with Gasteiger partial charge in [0, 0.05) is 16.2 Å². The summed E-state index contributed by atoms with van der Waals surface area (Å²) < 4.78 is 0. The van der Waals surface area contributed by atoms with Gasteiger partial charge in [0.2, 0.25) is 0 Å². The van der Waals surface area contributed by atoms with Crippen molar-refractivity contribution in [1.29, 1.82) is 0 Å². The molecule has 44 heavy (non-hydrogen) atoms. The zero-order valence-electron chi connectivity index (χ0n) is 27.3. The minimum absolute atomic E-state index is 0.0360. The first-order valence-corrected chi connectivity index (χ1v) is 16.6. The maximum absolute atomic E-state index is 2.64. The number of hydrogen-bond donors (Lipinski definition) is 0. The van der Waals surface area contributed by atoms with E-state index in [0.717, 1.165) is 6.42 Å². The van der Waals surface area contributed by atoms with Crippen molar-refractivity contribution in [3.05, 3.63) is 139 Å². The summed E-state index contributed by atoms with van der Waals surface area (Å²) in [6.07, 6.45) is 1.08. The van der Waals surface area contributed by atoms with E-state index in [1.54, 1.807) is 22.3 Å². The minimum Gasteiger partial charge on any atom is -0.0616 e. The second kappa shape index (κ2) is 7.31. The van der Waals surface area contributed by atoms with Gasteiger partial charge in [0.05, 0.1) is 0 Å². The number of hydrogen-bond acceptors (Lipinski definition) is 0. The van der Waals surface area contributed by atoms with Crippen LogP contribution in [0.25, 0.3) is 33.0 Å². The fraction of sp³-hybridized carbons (Fsp3) is 0.318. The van der Waals surface area contributed by atoms with Crippen LogP contribution >= 0.6 is 0 Å². The van der Waals surface area contributed by atoms with Crippen molar-refractivity contribution in [2.24, 2.45) is 5.92 Å². The molecule has 1 atom stereocenters. The van der Waals surface area contributed by atoms with Crippen molar-refractivity contribution in [2.75, 3.05) is 0 Å². The molecule has 0 radical (unpaired) electrons. The van der Waals surface area contributed by atoms with Crippen LogP contribution in [0, 0.1) is 5.92 Å². The Bertz CT molecular complexity index is 2350. The second-order valence-corrected chi connectivity index (χ2v) is 16.5. The summed E-state index contributed by atoms with van der Waals surface area (Å²) in [7, 11) is 0. The molecule has 10 rings (SSSR count). The predicted molar refractivity (Wildman–Crippen MR) is 184 cm³/mol. The third kappa shape index (κ3) is 2.53. The molecular formula is C44H40. The predicted octanol–water partition coefficient (Wildman–Crippen LogP) is 9.13. The highest BCUT2D eigenvalue weighted by atomic mass is 14.5. The molecule has 5 aliphatic carbocycles. The maximum atomic E-state index is 2.64. The molecule has 0 saturated carbocycles. The van der Waals surface area contributed by atoms with Crippen molar-refractivity contribution in [3.63, 3.8) is 0 Å². The topological polar surface area (TPSA) is 0 Å². The average Bonchev–Trinajstić information content (AvgIpc) is 3.38. The quantitative estimate of drug-likeness (QED) is 0.189. The standard InChI is InChI=1S/C44H40/c1-41(2)27-15-9-13-23-25(21-33-39(35(23)27)37-29(41)17-11-19-31(37)43(33,5)6)26-22-34-40-36-24(26)14-10-16-28(36)42(3,4)30-18-12-20-32(38(30)40)44(34,7)8/h9-21,34H,22H2,1-8H3. The molecule has 0 nitrogen and oxygen atoms in total. The normalized spacial score (nSPS) is 22.4. The van der Waals surface area contributed by atoms with Crippen LogP contribution in [0.3, 0.4) is 0 Å². The van der Waals surface area contributed by atoms with Crippen LogP contribution in [0.2, 0.25) is 0 Å². The van der Waals surface area contributed by atoms with E-state index in [0.29, 0.717) is 5.92 Å². The summed E-state index contributed by atoms with van der Waals surface area (Å²) in [5.41, 5.74) is 19.7. The van der Waals surface area contributed by atoms with E-state index in [9.17, 15) is 0 Å². The van der Waals surface area contributed by atoms with Gasteiger partial charge in [-0.1, -0.05) is 128 Å². The Morgan fingerprint density at radius 2 is 1.07 bits per heavy atom. The Morgan fingerprint density at radius 1 is 0.523 bits per heavy atom. The Hall–Kier alpha value is -3.90. The first kappa shape index (κ1) is 25.4. The van der Waals surface area contributed by atoms with Gasteiger partial charge in [-0.2, -0.15) is 0 Å². The highest BCUT2D eigenvalue weighted by molar-refractivity contribution is 6.12. The van der Waals surface area contributed by atoms with Gasteiger partial charge in [-0.3, -0.25) is 0 Å². The lowest BCUT2D eigenvalue weighted by atomic mass is 9.65. The van der Waals surface area contributed by atoms with Gasteiger partial charge >= 0.3 is 0 Å². The third-order valence-corrected chi connectivity index (χ3v) is 13.2. The molecule has 0 bridgehead atoms. The second-order valence-electron chi connectivity index (χ2n) is 16.5. The minimum atomic E-state index is -0.0478. The summed E-state index contributed by atoms with van der Waals surface area (Å²) in [5.74, 6) is 0.464. The van der Waals surface area contributed by atoms with Gasteiger partial charge < -0.3 is 0 Å². The zero-order valence-corrected chi connectivity index (χ0v) is 27.3. The van der Waals surface area contributed by atoms with Crippen molar-refractivity contribution >= 4 is 21.9 Å². The Kier molecular flexibility index (Phi) is 4.23. The molecule has 0 heterocycles. The van der Waals surface area contributed by atoms with Crippen molar-refractivity contribution in [3.8, 4) is 11.1 Å². The van der Waals surface area contributed by atoms with E-state index in [-0.39, 0.29) is 21.7 Å². The molecule has 5 aromatic carbocycles. The first-order valence-electron chi connectivity index (χ1n) is 16.6. The van der Waals surface area contributed by atoms with E-state index >= 15 is 0 Å². The molecule has 5 aromatic rings. The summed E-state index contributed by atoms with van der Waals surface area (Å²) in [6, 6.07) is 31.3. The smallest absolute Gasteiger partial charge is 0.0159 e. The molecule has 216 valence electrons. The molecule has 0 spiro atoms. The highest BCUT2D eigenvalue weighted by Crippen LogP contribution is 2.61. The largest absolute Gasteiger partial charge is 0.0616 e. The Morgan fingerprint density at radius 3 is 1.80 bits per heavy atom. The van der Waals surface area contributed by atoms with Crippen LogP contribution in [-0.2, 0) is 21.7 Å². The van der Waals surface area contributed by atoms with E-state index in [1.807, 2.05) is 0 Å². The Balaban J connectivity index is 1.41. The number of benzene rings is 5. The van der Waals surface area contributed by atoms with Crippen LogP contribution in [0.5, 0.6) is 0 Å². The van der Waals surface area contributed by atoms with Gasteiger partial charge in [0.15, 0.2) is 0 Å². The molecule has 0 aromatic heterocycles. The monoisotopic (exact) mass is 568 g/mol. The molecule has 0 aliphatic heterocycles. The first-order chi connectivity index (χ1) is 20.9. The van der Waals surface area contributed by atoms with Crippen LogP contribution in [0.4, 0.5) is 0 Å². The van der Waals surface area contributed by atoms with Crippen molar-refractivity contribution < 1.29 is 0 Å². The molecule has 0 fully saturated rings. The summed E-state index contributed by atoms with van der Waals surface area (Å²) in [6.45, 7) is 19.7. The van der Waals surface area contributed by atoms with Crippen LogP contribution in [0.15, 0.2) is 78.9 Å². The van der Waals surface area contributed by atoms with Crippen LogP contribution in [-0.4, -0.2) is 0 Å². The van der Waals surface area contributed by atoms with Crippen LogP contribution in [0.1, 0.15) is 112 Å². The van der Waals surface area contributed by atoms with Crippen molar-refractivity contribution in [1.82, 2.24) is 0 Å². The summed E-state index contributed by atoms with van der Waals surface area (Å²) in [5, 5.41) is 5.94. The van der Waals surface area contributed by atoms with Gasteiger partial charge in [0.1, 0.15) is 0 Å². The van der Waals surface area contributed by atoms with E-state index < -0.39 is 0 Å². The summed E-state index contributed by atoms with van der Waals surface area (Å²) >= 11 is 0. The molecule has 0 amide bonds. The lowest BCUT2D eigenvalue weighted by Crippen LogP contribution is -2.46.